The van der Waals surface area contributed by atoms with Crippen LogP contribution in [0.1, 0.15) is 48.4 Å². The number of methoxy groups -OCH3 is 2. The molecule has 0 bridgehead atoms. The second-order valence-corrected chi connectivity index (χ2v) is 8.58. The van der Waals surface area contributed by atoms with Crippen molar-refractivity contribution < 1.29 is 38.0 Å². The van der Waals surface area contributed by atoms with Gasteiger partial charge in [0.1, 0.15) is 10.6 Å². The number of carbonyl (C=O) groups excluding carboxylic acids is 2. The highest BCUT2D eigenvalue weighted by Gasteiger charge is 2.25. The van der Waals surface area contributed by atoms with E-state index in [-0.39, 0.29) is 17.7 Å². The number of benzene rings is 2. The van der Waals surface area contributed by atoms with Crippen LogP contribution in [-0.2, 0) is 4.74 Å². The minimum Gasteiger partial charge on any atom is -0.493 e. The van der Waals surface area contributed by atoms with Gasteiger partial charge < -0.3 is 33.7 Å². The Morgan fingerprint density at radius 3 is 1.97 bits per heavy atom. The number of carbonyl (C=O) groups is 2. The molecule has 0 aliphatic carbocycles. The van der Waals surface area contributed by atoms with Crippen molar-refractivity contribution >= 4 is 28.2 Å². The Labute approximate surface area is 226 Å². The van der Waals surface area contributed by atoms with Gasteiger partial charge >= 0.3 is 5.97 Å². The molecular formula is C28H33NO8S. The average molecular weight is 544 g/mol. The molecule has 0 saturated heterocycles. The summed E-state index contributed by atoms with van der Waals surface area (Å²) >= 11 is 1.22. The number of esters is 1. The van der Waals surface area contributed by atoms with E-state index in [9.17, 15) is 9.59 Å². The van der Waals surface area contributed by atoms with E-state index in [0.717, 1.165) is 0 Å². The van der Waals surface area contributed by atoms with Crippen LogP contribution in [0.3, 0.4) is 0 Å². The largest absolute Gasteiger partial charge is 0.493 e. The molecule has 0 fully saturated rings. The topological polar surface area (TPSA) is 102 Å². The van der Waals surface area contributed by atoms with Crippen molar-refractivity contribution in [3.8, 4) is 39.9 Å². The van der Waals surface area contributed by atoms with Crippen LogP contribution in [0.5, 0.6) is 28.7 Å². The third kappa shape index (κ3) is 6.31. The molecule has 1 N–H and O–H groups in total. The van der Waals surface area contributed by atoms with E-state index in [4.69, 9.17) is 28.4 Å². The van der Waals surface area contributed by atoms with E-state index in [1.54, 1.807) is 43.7 Å². The highest BCUT2D eigenvalue weighted by Crippen LogP contribution is 2.41. The van der Waals surface area contributed by atoms with Crippen LogP contribution in [0, 0.1) is 0 Å². The molecule has 204 valence electrons. The van der Waals surface area contributed by atoms with Gasteiger partial charge in [-0.3, -0.25) is 4.79 Å². The molecule has 0 radical (unpaired) electrons. The lowest BCUT2D eigenvalue weighted by atomic mass is 10.0. The van der Waals surface area contributed by atoms with Crippen molar-refractivity contribution in [2.75, 3.05) is 46.0 Å². The number of ether oxygens (including phenoxy) is 6. The summed E-state index contributed by atoms with van der Waals surface area (Å²) in [6.07, 6.45) is 0. The van der Waals surface area contributed by atoms with Crippen LogP contribution < -0.4 is 29.0 Å². The van der Waals surface area contributed by atoms with Crippen LogP contribution in [0.4, 0.5) is 5.00 Å². The van der Waals surface area contributed by atoms with Gasteiger partial charge in [-0.15, -0.1) is 11.3 Å². The number of hydrogen-bond donors (Lipinski definition) is 1. The zero-order valence-corrected chi connectivity index (χ0v) is 23.3. The second-order valence-electron chi connectivity index (χ2n) is 7.70. The molecule has 2 aromatic carbocycles. The van der Waals surface area contributed by atoms with Gasteiger partial charge in [0, 0.05) is 16.5 Å². The molecular weight excluding hydrogens is 510 g/mol. The average Bonchev–Trinajstić information content (AvgIpc) is 3.33. The predicted molar refractivity (Wildman–Crippen MR) is 147 cm³/mol. The van der Waals surface area contributed by atoms with E-state index in [1.807, 2.05) is 26.8 Å². The summed E-state index contributed by atoms with van der Waals surface area (Å²) in [5, 5.41) is 5.01. The van der Waals surface area contributed by atoms with Crippen LogP contribution in [0.2, 0.25) is 0 Å². The second kappa shape index (κ2) is 13.6. The van der Waals surface area contributed by atoms with Gasteiger partial charge in [-0.25, -0.2) is 4.79 Å². The SMILES string of the molecule is CCOC(=O)c1c(-c2ccc(OC)c(OC)c2)csc1NC(=O)c1cc(OCC)c(OCC)c(OCC)c1. The molecule has 0 saturated carbocycles. The van der Waals surface area contributed by atoms with Gasteiger partial charge in [0.25, 0.3) is 5.91 Å². The third-order valence-corrected chi connectivity index (χ3v) is 6.26. The Hall–Kier alpha value is -3.92. The lowest BCUT2D eigenvalue weighted by Gasteiger charge is -2.17. The first-order valence-corrected chi connectivity index (χ1v) is 13.2. The number of nitrogens with one attached hydrogen (secondary N) is 1. The van der Waals surface area contributed by atoms with Crippen LogP contribution in [0.25, 0.3) is 11.1 Å². The molecule has 9 nitrogen and oxygen atoms in total. The fourth-order valence-corrected chi connectivity index (χ4v) is 4.72. The lowest BCUT2D eigenvalue weighted by Crippen LogP contribution is -2.15. The fraction of sp³-hybridized carbons (Fsp3) is 0.357. The molecule has 0 aliphatic rings. The van der Waals surface area contributed by atoms with E-state index in [1.165, 1.54) is 18.4 Å². The summed E-state index contributed by atoms with van der Waals surface area (Å²) in [5.41, 5.74) is 1.84. The van der Waals surface area contributed by atoms with Gasteiger partial charge in [-0.1, -0.05) is 6.07 Å². The number of hydrogen-bond acceptors (Lipinski definition) is 9. The molecule has 38 heavy (non-hydrogen) atoms. The first-order valence-electron chi connectivity index (χ1n) is 12.3. The van der Waals surface area contributed by atoms with Crippen molar-refractivity contribution in [2.24, 2.45) is 0 Å². The highest BCUT2D eigenvalue weighted by molar-refractivity contribution is 7.15. The van der Waals surface area contributed by atoms with Crippen molar-refractivity contribution in [3.05, 3.63) is 46.8 Å². The van der Waals surface area contributed by atoms with E-state index >= 15 is 0 Å². The van der Waals surface area contributed by atoms with Crippen LogP contribution >= 0.6 is 11.3 Å². The molecule has 0 spiro atoms. The lowest BCUT2D eigenvalue weighted by molar-refractivity contribution is 0.0529. The third-order valence-electron chi connectivity index (χ3n) is 5.36. The van der Waals surface area contributed by atoms with E-state index < -0.39 is 11.9 Å². The first kappa shape index (κ1) is 28.6. The molecule has 0 unspecified atom stereocenters. The Morgan fingerprint density at radius 1 is 0.789 bits per heavy atom. The predicted octanol–water partition coefficient (Wildman–Crippen LogP) is 6.06. The molecule has 3 aromatic rings. The summed E-state index contributed by atoms with van der Waals surface area (Å²) in [7, 11) is 3.09. The van der Waals surface area contributed by atoms with E-state index in [0.29, 0.717) is 64.7 Å². The molecule has 0 aliphatic heterocycles. The Morgan fingerprint density at radius 2 is 1.42 bits per heavy atom. The number of rotatable bonds is 13. The number of thiophene rings is 1. The van der Waals surface area contributed by atoms with Crippen molar-refractivity contribution in [1.82, 2.24) is 0 Å². The van der Waals surface area contributed by atoms with Crippen molar-refractivity contribution in [1.29, 1.82) is 0 Å². The van der Waals surface area contributed by atoms with Gasteiger partial charge in [-0.2, -0.15) is 0 Å². The summed E-state index contributed by atoms with van der Waals surface area (Å²) in [5.74, 6) is 1.31. The maximum Gasteiger partial charge on any atom is 0.341 e. The maximum atomic E-state index is 13.4. The van der Waals surface area contributed by atoms with Crippen molar-refractivity contribution in [2.45, 2.75) is 27.7 Å². The monoisotopic (exact) mass is 543 g/mol. The Bertz CT molecular complexity index is 1240. The zero-order valence-electron chi connectivity index (χ0n) is 22.5. The molecule has 1 heterocycles. The van der Waals surface area contributed by atoms with Crippen molar-refractivity contribution in [3.63, 3.8) is 0 Å². The maximum absolute atomic E-state index is 13.4. The van der Waals surface area contributed by atoms with Crippen LogP contribution in [-0.4, -0.2) is 52.5 Å². The van der Waals surface area contributed by atoms with Gasteiger partial charge in [0.15, 0.2) is 23.0 Å². The zero-order chi connectivity index (χ0) is 27.7. The molecule has 1 aromatic heterocycles. The molecule has 3 rings (SSSR count). The number of anilines is 1. The summed E-state index contributed by atoms with van der Waals surface area (Å²) in [4.78, 5) is 26.4. The quantitative estimate of drug-likeness (QED) is 0.260. The summed E-state index contributed by atoms with van der Waals surface area (Å²) in [6, 6.07) is 8.53. The van der Waals surface area contributed by atoms with Gasteiger partial charge in [-0.05, 0) is 57.5 Å². The summed E-state index contributed by atoms with van der Waals surface area (Å²) in [6.45, 7) is 8.61. The minimum absolute atomic E-state index is 0.182. The fourth-order valence-electron chi connectivity index (χ4n) is 3.77. The smallest absolute Gasteiger partial charge is 0.341 e. The first-order chi connectivity index (χ1) is 18.4. The summed E-state index contributed by atoms with van der Waals surface area (Å²) < 4.78 is 33.3. The Balaban J connectivity index is 2.05. The van der Waals surface area contributed by atoms with Crippen LogP contribution in [0.15, 0.2) is 35.7 Å². The van der Waals surface area contributed by atoms with Gasteiger partial charge in [0.2, 0.25) is 5.75 Å². The minimum atomic E-state index is -0.550. The molecule has 10 heteroatoms. The number of amides is 1. The highest BCUT2D eigenvalue weighted by atomic mass is 32.1. The van der Waals surface area contributed by atoms with Gasteiger partial charge in [0.05, 0.1) is 40.6 Å². The normalized spacial score (nSPS) is 10.5. The standard InChI is InChI=1S/C28H33NO8S/c1-7-34-22-14-18(15-23(35-8-2)25(22)36-9-3)26(30)29-27-24(28(31)37-10-4)19(16-38-27)17-11-12-20(32-5)21(13-17)33-6/h11-16H,7-10H2,1-6H3,(H,29,30). The molecule has 1 amide bonds. The van der Waals surface area contributed by atoms with E-state index in [2.05, 4.69) is 5.32 Å². The molecule has 0 atom stereocenters. The Kier molecular flexibility index (Phi) is 10.2.